The predicted molar refractivity (Wildman–Crippen MR) is 119 cm³/mol. The van der Waals surface area contributed by atoms with E-state index in [1.807, 2.05) is 6.07 Å². The average molecular weight is 428 g/mol. The van der Waals surface area contributed by atoms with Crippen molar-refractivity contribution in [1.29, 1.82) is 0 Å². The molecule has 0 radical (unpaired) electrons. The number of fused-ring (bicyclic) bond motifs is 1. The molecule has 2 aliphatic heterocycles. The van der Waals surface area contributed by atoms with Gasteiger partial charge in [-0.15, -0.1) is 0 Å². The molecule has 2 saturated heterocycles. The van der Waals surface area contributed by atoms with Crippen LogP contribution in [0.2, 0.25) is 0 Å². The molecule has 2 amide bonds. The van der Waals surface area contributed by atoms with E-state index in [2.05, 4.69) is 59.4 Å². The molecule has 1 N–H and O–H groups in total. The summed E-state index contributed by atoms with van der Waals surface area (Å²) in [7, 11) is 0. The molecule has 5 rings (SSSR count). The Balaban J connectivity index is 1.39. The van der Waals surface area contributed by atoms with Gasteiger partial charge < -0.3 is 14.9 Å². The molecule has 0 spiro atoms. The van der Waals surface area contributed by atoms with Gasteiger partial charge in [0.1, 0.15) is 12.2 Å². The number of piperazine rings is 1. The van der Waals surface area contributed by atoms with Gasteiger partial charge in [-0.2, -0.15) is 0 Å². The Bertz CT molecular complexity index is 1150. The van der Waals surface area contributed by atoms with E-state index in [4.69, 9.17) is 0 Å². The lowest BCUT2D eigenvalue weighted by Gasteiger charge is -2.58. The van der Waals surface area contributed by atoms with Crippen LogP contribution in [0.15, 0.2) is 67.1 Å². The van der Waals surface area contributed by atoms with Crippen LogP contribution in [0.4, 0.5) is 0 Å². The Kier molecular flexibility index (Phi) is 5.19. The highest BCUT2D eigenvalue weighted by atomic mass is 16.3. The van der Waals surface area contributed by atoms with Gasteiger partial charge in [0, 0.05) is 24.9 Å². The highest BCUT2D eigenvalue weighted by molar-refractivity contribution is 5.96. The van der Waals surface area contributed by atoms with Crippen molar-refractivity contribution in [2.75, 3.05) is 19.7 Å². The lowest BCUT2D eigenvalue weighted by molar-refractivity contribution is -0.159. The molecule has 3 atom stereocenters. The fourth-order valence-corrected chi connectivity index (χ4v) is 4.95. The van der Waals surface area contributed by atoms with Gasteiger partial charge in [0.15, 0.2) is 0 Å². The van der Waals surface area contributed by atoms with Crippen LogP contribution < -0.4 is 0 Å². The van der Waals surface area contributed by atoms with Crippen LogP contribution in [-0.4, -0.2) is 68.5 Å². The van der Waals surface area contributed by atoms with Crippen LogP contribution in [-0.2, 0) is 4.79 Å². The Morgan fingerprint density at radius 2 is 1.94 bits per heavy atom. The zero-order valence-corrected chi connectivity index (χ0v) is 17.8. The normalized spacial score (nSPS) is 22.3. The van der Waals surface area contributed by atoms with Gasteiger partial charge in [0.05, 0.1) is 24.9 Å². The fraction of sp³-hybridized carbons (Fsp3) is 0.280. The second kappa shape index (κ2) is 8.16. The topological polar surface area (TPSA) is 86.6 Å². The molecule has 2 aliphatic rings. The predicted octanol–water partition coefficient (Wildman–Crippen LogP) is 2.26. The third-order valence-corrected chi connectivity index (χ3v) is 6.47. The zero-order chi connectivity index (χ0) is 22.2. The summed E-state index contributed by atoms with van der Waals surface area (Å²) in [6.07, 6.45) is 4.39. The number of carbonyl (C=O) groups excluding carboxylic acids is 2. The molecule has 0 aliphatic carbocycles. The first-order chi connectivity index (χ1) is 15.6. The number of aliphatic hydroxyl groups excluding tert-OH is 1. The molecule has 7 heteroatoms. The third kappa shape index (κ3) is 3.44. The Labute approximate surface area is 186 Å². The number of rotatable bonds is 4. The van der Waals surface area contributed by atoms with E-state index >= 15 is 0 Å². The summed E-state index contributed by atoms with van der Waals surface area (Å²) in [5, 5.41) is 10.00. The van der Waals surface area contributed by atoms with Crippen LogP contribution in [0.1, 0.15) is 27.5 Å². The Hall–Kier alpha value is -3.58. The molecule has 3 heterocycles. The minimum absolute atomic E-state index is 0.0125. The molecule has 0 unspecified atom stereocenters. The number of nitrogens with zero attached hydrogens (tertiary/aromatic N) is 4. The van der Waals surface area contributed by atoms with Gasteiger partial charge in [-0.05, 0) is 23.6 Å². The number of aliphatic hydroxyl groups is 1. The van der Waals surface area contributed by atoms with Crippen molar-refractivity contribution in [1.82, 2.24) is 19.8 Å². The minimum Gasteiger partial charge on any atom is -0.394 e. The van der Waals surface area contributed by atoms with E-state index in [1.54, 1.807) is 4.90 Å². The van der Waals surface area contributed by atoms with Crippen LogP contribution in [0.3, 0.4) is 0 Å². The fourth-order valence-electron chi connectivity index (χ4n) is 4.95. The number of benzene rings is 2. The monoisotopic (exact) mass is 428 g/mol. The second-order valence-electron chi connectivity index (χ2n) is 8.41. The van der Waals surface area contributed by atoms with Crippen LogP contribution >= 0.6 is 0 Å². The van der Waals surface area contributed by atoms with Crippen molar-refractivity contribution in [3.8, 4) is 11.1 Å². The van der Waals surface area contributed by atoms with Crippen molar-refractivity contribution in [3.63, 3.8) is 0 Å². The highest BCUT2D eigenvalue weighted by Gasteiger charge is 2.54. The van der Waals surface area contributed by atoms with Crippen molar-refractivity contribution in [2.24, 2.45) is 0 Å². The largest absolute Gasteiger partial charge is 0.394 e. The number of aryl methyl sites for hydroxylation is 1. The Morgan fingerprint density at radius 3 is 2.62 bits per heavy atom. The second-order valence-corrected chi connectivity index (χ2v) is 8.41. The van der Waals surface area contributed by atoms with E-state index in [-0.39, 0.29) is 48.7 Å². The van der Waals surface area contributed by atoms with Crippen molar-refractivity contribution in [3.05, 3.63) is 83.9 Å². The first-order valence-electron chi connectivity index (χ1n) is 10.7. The molecule has 7 nitrogen and oxygen atoms in total. The summed E-state index contributed by atoms with van der Waals surface area (Å²) < 4.78 is 0. The van der Waals surface area contributed by atoms with Crippen molar-refractivity contribution in [2.45, 2.75) is 24.9 Å². The SMILES string of the molecule is Cc1cccc(-c2ccc([C@H]3[C@@H](CO)N4C(=O)CN(C(=O)c5cnccn5)C[C@H]34)cc2)c1. The van der Waals surface area contributed by atoms with E-state index < -0.39 is 0 Å². The van der Waals surface area contributed by atoms with Gasteiger partial charge in [-0.25, -0.2) is 4.98 Å². The molecule has 2 fully saturated rings. The number of hydrogen-bond acceptors (Lipinski definition) is 5. The molecular formula is C25H24N4O3. The maximum atomic E-state index is 12.8. The number of carbonyl (C=O) groups is 2. The summed E-state index contributed by atoms with van der Waals surface area (Å²) in [4.78, 5) is 37.0. The van der Waals surface area contributed by atoms with Crippen molar-refractivity contribution < 1.29 is 14.7 Å². The highest BCUT2D eigenvalue weighted by Crippen LogP contribution is 2.43. The summed E-state index contributed by atoms with van der Waals surface area (Å²) in [5.41, 5.74) is 4.76. The summed E-state index contributed by atoms with van der Waals surface area (Å²) >= 11 is 0. The molecular weight excluding hydrogens is 404 g/mol. The molecule has 3 aromatic rings. The number of aromatic nitrogens is 2. The Morgan fingerprint density at radius 1 is 1.12 bits per heavy atom. The molecule has 0 saturated carbocycles. The van der Waals surface area contributed by atoms with Gasteiger partial charge >= 0.3 is 0 Å². The maximum Gasteiger partial charge on any atom is 0.274 e. The maximum absolute atomic E-state index is 12.8. The first kappa shape index (κ1) is 20.3. The zero-order valence-electron chi connectivity index (χ0n) is 17.8. The average Bonchev–Trinajstić information content (AvgIpc) is 2.81. The standard InChI is InChI=1S/C25H24N4O3/c1-16-3-2-4-19(11-16)17-5-7-18(8-6-17)24-21-13-28(14-23(31)29(21)22(24)15-30)25(32)20-12-26-9-10-27-20/h2-12,21-22,24,30H,13-15H2,1H3/t21-,22-,24-/m1/s1. The minimum atomic E-state index is -0.299. The van der Waals surface area contributed by atoms with E-state index in [1.165, 1.54) is 29.1 Å². The lowest BCUT2D eigenvalue weighted by Crippen LogP contribution is -2.73. The van der Waals surface area contributed by atoms with E-state index in [0.29, 0.717) is 6.54 Å². The quantitative estimate of drug-likeness (QED) is 0.689. The molecule has 32 heavy (non-hydrogen) atoms. The van der Waals surface area contributed by atoms with Gasteiger partial charge in [-0.1, -0.05) is 54.1 Å². The third-order valence-electron chi connectivity index (χ3n) is 6.47. The summed E-state index contributed by atoms with van der Waals surface area (Å²) in [6, 6.07) is 16.2. The molecule has 0 bridgehead atoms. The lowest BCUT2D eigenvalue weighted by atomic mass is 9.73. The molecule has 2 aromatic carbocycles. The van der Waals surface area contributed by atoms with Crippen molar-refractivity contribution >= 4 is 11.8 Å². The van der Waals surface area contributed by atoms with Gasteiger partial charge in [-0.3, -0.25) is 14.6 Å². The molecule has 1 aromatic heterocycles. The van der Waals surface area contributed by atoms with Gasteiger partial charge in [0.25, 0.3) is 5.91 Å². The van der Waals surface area contributed by atoms with Gasteiger partial charge in [0.2, 0.25) is 5.91 Å². The number of amides is 2. The summed E-state index contributed by atoms with van der Waals surface area (Å²) in [5.74, 6) is -0.481. The number of hydrogen-bond donors (Lipinski definition) is 1. The molecule has 162 valence electrons. The van der Waals surface area contributed by atoms with Crippen LogP contribution in [0.5, 0.6) is 0 Å². The van der Waals surface area contributed by atoms with Crippen LogP contribution in [0, 0.1) is 6.92 Å². The first-order valence-corrected chi connectivity index (χ1v) is 10.7. The van der Waals surface area contributed by atoms with E-state index in [9.17, 15) is 14.7 Å². The smallest absolute Gasteiger partial charge is 0.274 e. The van der Waals surface area contributed by atoms with E-state index in [0.717, 1.165) is 16.7 Å². The van der Waals surface area contributed by atoms with Crippen LogP contribution in [0.25, 0.3) is 11.1 Å². The summed E-state index contributed by atoms with van der Waals surface area (Å²) in [6.45, 7) is 2.36.